The zero-order valence-corrected chi connectivity index (χ0v) is 8.47. The van der Waals surface area contributed by atoms with Crippen LogP contribution in [0.25, 0.3) is 10.4 Å². The standard InChI is InChI=1S/C8H13N5O/c1-8(2,14)7-4-6(5-10-12-9)13(3)11-7/h4,14H,5H2,1-3H3. The summed E-state index contributed by atoms with van der Waals surface area (Å²) >= 11 is 0. The molecule has 1 rings (SSSR count). The van der Waals surface area contributed by atoms with Crippen molar-refractivity contribution < 1.29 is 5.11 Å². The van der Waals surface area contributed by atoms with Crippen molar-refractivity contribution in [2.45, 2.75) is 26.0 Å². The zero-order valence-electron chi connectivity index (χ0n) is 8.47. The molecule has 6 nitrogen and oxygen atoms in total. The number of hydrogen-bond acceptors (Lipinski definition) is 3. The Morgan fingerprint density at radius 3 is 2.79 bits per heavy atom. The first-order valence-corrected chi connectivity index (χ1v) is 4.22. The molecule has 1 heterocycles. The maximum atomic E-state index is 9.67. The molecule has 0 saturated heterocycles. The van der Waals surface area contributed by atoms with Gasteiger partial charge in [0, 0.05) is 17.7 Å². The minimum absolute atomic E-state index is 0.246. The summed E-state index contributed by atoms with van der Waals surface area (Å²) < 4.78 is 1.60. The molecule has 0 unspecified atom stereocenters. The van der Waals surface area contributed by atoms with Gasteiger partial charge in [0.1, 0.15) is 5.60 Å². The summed E-state index contributed by atoms with van der Waals surface area (Å²) in [5.74, 6) is 0. The minimum atomic E-state index is -0.966. The van der Waals surface area contributed by atoms with E-state index in [-0.39, 0.29) is 6.54 Å². The van der Waals surface area contributed by atoms with Crippen LogP contribution in [0, 0.1) is 0 Å². The van der Waals surface area contributed by atoms with Gasteiger partial charge in [-0.15, -0.1) is 0 Å². The Morgan fingerprint density at radius 1 is 1.71 bits per heavy atom. The van der Waals surface area contributed by atoms with Gasteiger partial charge in [0.05, 0.1) is 12.2 Å². The molecule has 14 heavy (non-hydrogen) atoms. The highest BCUT2D eigenvalue weighted by atomic mass is 16.3. The lowest BCUT2D eigenvalue weighted by atomic mass is 10.1. The van der Waals surface area contributed by atoms with E-state index in [1.165, 1.54) is 0 Å². The van der Waals surface area contributed by atoms with Crippen molar-refractivity contribution in [1.82, 2.24) is 9.78 Å². The summed E-state index contributed by atoms with van der Waals surface area (Å²) in [5, 5.41) is 17.2. The molecule has 0 bridgehead atoms. The van der Waals surface area contributed by atoms with E-state index >= 15 is 0 Å². The van der Waals surface area contributed by atoms with E-state index in [4.69, 9.17) is 5.53 Å². The van der Waals surface area contributed by atoms with Gasteiger partial charge in [-0.1, -0.05) is 5.11 Å². The Kier molecular flexibility index (Phi) is 2.78. The van der Waals surface area contributed by atoms with Crippen molar-refractivity contribution in [1.29, 1.82) is 0 Å². The van der Waals surface area contributed by atoms with E-state index in [1.807, 2.05) is 0 Å². The fraction of sp³-hybridized carbons (Fsp3) is 0.625. The summed E-state index contributed by atoms with van der Waals surface area (Å²) in [6, 6.07) is 1.73. The molecule has 0 aliphatic carbocycles. The summed E-state index contributed by atoms with van der Waals surface area (Å²) in [6.07, 6.45) is 0. The number of rotatable bonds is 3. The van der Waals surface area contributed by atoms with Gasteiger partial charge in [-0.2, -0.15) is 5.10 Å². The lowest BCUT2D eigenvalue weighted by Gasteiger charge is -2.12. The van der Waals surface area contributed by atoms with Crippen molar-refractivity contribution >= 4 is 0 Å². The molecule has 0 aliphatic heterocycles. The SMILES string of the molecule is Cn1nc(C(C)(C)O)cc1CN=[N+]=[N-]. The number of aryl methyl sites for hydroxylation is 1. The highest BCUT2D eigenvalue weighted by molar-refractivity contribution is 5.15. The lowest BCUT2D eigenvalue weighted by molar-refractivity contribution is 0.0732. The van der Waals surface area contributed by atoms with Gasteiger partial charge in [0.2, 0.25) is 0 Å². The molecule has 0 saturated carbocycles. The molecule has 1 aromatic heterocycles. The number of hydrogen-bond donors (Lipinski definition) is 1. The summed E-state index contributed by atoms with van der Waals surface area (Å²) in [7, 11) is 1.75. The van der Waals surface area contributed by atoms with Gasteiger partial charge >= 0.3 is 0 Å². The first kappa shape index (κ1) is 10.6. The van der Waals surface area contributed by atoms with Crippen LogP contribution in [0.1, 0.15) is 25.2 Å². The number of aromatic nitrogens is 2. The first-order chi connectivity index (χ1) is 6.45. The maximum absolute atomic E-state index is 9.67. The molecule has 0 aliphatic rings. The smallest absolute Gasteiger partial charge is 0.103 e. The molecule has 0 fully saturated rings. The highest BCUT2D eigenvalue weighted by Crippen LogP contribution is 2.18. The van der Waals surface area contributed by atoms with E-state index in [1.54, 1.807) is 31.6 Å². The summed E-state index contributed by atoms with van der Waals surface area (Å²) in [6.45, 7) is 3.56. The Morgan fingerprint density at radius 2 is 2.36 bits per heavy atom. The Balaban J connectivity index is 2.99. The number of azide groups is 1. The molecular formula is C8H13N5O. The molecule has 1 N–H and O–H groups in total. The zero-order chi connectivity index (χ0) is 10.8. The molecule has 0 spiro atoms. The van der Waals surface area contributed by atoms with Crippen molar-refractivity contribution in [2.24, 2.45) is 12.2 Å². The second-order valence-corrected chi connectivity index (χ2v) is 3.59. The number of aliphatic hydroxyl groups is 1. The molecule has 0 aromatic carbocycles. The predicted molar refractivity (Wildman–Crippen MR) is 51.3 cm³/mol. The quantitative estimate of drug-likeness (QED) is 0.449. The summed E-state index contributed by atoms with van der Waals surface area (Å²) in [4.78, 5) is 2.66. The van der Waals surface area contributed by atoms with E-state index < -0.39 is 5.60 Å². The van der Waals surface area contributed by atoms with Crippen LogP contribution in [0.15, 0.2) is 11.2 Å². The fourth-order valence-corrected chi connectivity index (χ4v) is 1.06. The monoisotopic (exact) mass is 195 g/mol. The Hall–Kier alpha value is -1.52. The third-order valence-corrected chi connectivity index (χ3v) is 1.90. The van der Waals surface area contributed by atoms with Crippen LogP contribution in [-0.4, -0.2) is 14.9 Å². The van der Waals surface area contributed by atoms with Crippen molar-refractivity contribution in [3.63, 3.8) is 0 Å². The largest absolute Gasteiger partial charge is 0.384 e. The highest BCUT2D eigenvalue weighted by Gasteiger charge is 2.20. The topological polar surface area (TPSA) is 86.8 Å². The average Bonchev–Trinajstić information content (AvgIpc) is 2.43. The second-order valence-electron chi connectivity index (χ2n) is 3.59. The molecular weight excluding hydrogens is 182 g/mol. The molecule has 76 valence electrons. The minimum Gasteiger partial charge on any atom is -0.384 e. The molecule has 1 aromatic rings. The van der Waals surface area contributed by atoms with Crippen LogP contribution in [0.2, 0.25) is 0 Å². The molecule has 0 atom stereocenters. The Labute approximate surface area is 81.8 Å². The van der Waals surface area contributed by atoms with Gasteiger partial charge in [0.25, 0.3) is 0 Å². The van der Waals surface area contributed by atoms with Gasteiger partial charge in [-0.3, -0.25) is 4.68 Å². The number of nitrogens with zero attached hydrogens (tertiary/aromatic N) is 5. The van der Waals surface area contributed by atoms with E-state index in [2.05, 4.69) is 15.1 Å². The van der Waals surface area contributed by atoms with Gasteiger partial charge in [-0.05, 0) is 25.4 Å². The van der Waals surface area contributed by atoms with Gasteiger partial charge in [0.15, 0.2) is 0 Å². The van der Waals surface area contributed by atoms with Crippen molar-refractivity contribution in [2.75, 3.05) is 0 Å². The van der Waals surface area contributed by atoms with E-state index in [0.29, 0.717) is 5.69 Å². The second kappa shape index (κ2) is 3.69. The first-order valence-electron chi connectivity index (χ1n) is 4.22. The third-order valence-electron chi connectivity index (χ3n) is 1.90. The molecule has 6 heteroatoms. The van der Waals surface area contributed by atoms with Crippen LogP contribution in [0.4, 0.5) is 0 Å². The normalized spacial score (nSPS) is 11.1. The maximum Gasteiger partial charge on any atom is 0.103 e. The van der Waals surface area contributed by atoms with Gasteiger partial charge < -0.3 is 5.11 Å². The fourth-order valence-electron chi connectivity index (χ4n) is 1.06. The average molecular weight is 195 g/mol. The molecule has 0 radical (unpaired) electrons. The third kappa shape index (κ3) is 2.25. The van der Waals surface area contributed by atoms with Crippen LogP contribution in [0.5, 0.6) is 0 Å². The Bertz CT molecular complexity index is 370. The van der Waals surface area contributed by atoms with E-state index in [0.717, 1.165) is 5.69 Å². The van der Waals surface area contributed by atoms with Gasteiger partial charge in [-0.25, -0.2) is 0 Å². The predicted octanol–water partition coefficient (Wildman–Crippen LogP) is 1.46. The van der Waals surface area contributed by atoms with Crippen LogP contribution < -0.4 is 0 Å². The van der Waals surface area contributed by atoms with Crippen LogP contribution in [-0.2, 0) is 19.2 Å². The summed E-state index contributed by atoms with van der Waals surface area (Å²) in [5.41, 5.74) is 8.55. The van der Waals surface area contributed by atoms with E-state index in [9.17, 15) is 5.11 Å². The molecule has 0 amide bonds. The van der Waals surface area contributed by atoms with Crippen molar-refractivity contribution in [3.05, 3.63) is 27.9 Å². The van der Waals surface area contributed by atoms with Crippen molar-refractivity contribution in [3.8, 4) is 0 Å². The lowest BCUT2D eigenvalue weighted by Crippen LogP contribution is -2.16. The van der Waals surface area contributed by atoms with Crippen LogP contribution >= 0.6 is 0 Å². The van der Waals surface area contributed by atoms with Crippen LogP contribution in [0.3, 0.4) is 0 Å².